The Balaban J connectivity index is 0.00000593. The summed E-state index contributed by atoms with van der Waals surface area (Å²) in [7, 11) is 0. The fraction of sp³-hybridized carbons (Fsp3) is 0.238. The zero-order chi connectivity index (χ0) is 47.8. The molecule has 2 aromatic heterocycles. The number of hydrogen-bond donors (Lipinski definition) is 0. The van der Waals surface area contributed by atoms with Gasteiger partial charge in [-0.2, -0.15) is 6.07 Å². The summed E-state index contributed by atoms with van der Waals surface area (Å²) in [5.74, 6) is 2.04. The van der Waals surface area contributed by atoms with E-state index in [1.165, 1.54) is 27.8 Å². The third-order valence-corrected chi connectivity index (χ3v) is 13.7. The van der Waals surface area contributed by atoms with Crippen LogP contribution in [0.4, 0.5) is 22.7 Å². The Kier molecular flexibility index (Phi) is 12.3. The van der Waals surface area contributed by atoms with Gasteiger partial charge < -0.3 is 19.1 Å². The van der Waals surface area contributed by atoms with Crippen LogP contribution in [0.25, 0.3) is 38.8 Å². The Morgan fingerprint density at radius 2 is 1.10 bits per heavy atom. The number of benzene rings is 7. The summed E-state index contributed by atoms with van der Waals surface area (Å²) < 4.78 is 9.26. The molecule has 1 aliphatic heterocycles. The molecule has 0 N–H and O–H groups in total. The number of pyridine rings is 1. The Hall–Kier alpha value is -6.42. The van der Waals surface area contributed by atoms with Crippen molar-refractivity contribution in [3.63, 3.8) is 0 Å². The fourth-order valence-corrected chi connectivity index (χ4v) is 9.38. The molecule has 9 aromatic rings. The quantitative estimate of drug-likeness (QED) is 0.142. The molecular weight excluding hydrogens is 1020 g/mol. The van der Waals surface area contributed by atoms with E-state index in [0.717, 1.165) is 61.5 Å². The topological polar surface area (TPSA) is 33.5 Å². The second-order valence-electron chi connectivity index (χ2n) is 22.0. The van der Waals surface area contributed by atoms with Crippen molar-refractivity contribution in [1.29, 1.82) is 0 Å². The fourth-order valence-electron chi connectivity index (χ4n) is 9.38. The number of rotatable bonds is 8. The van der Waals surface area contributed by atoms with Crippen molar-refractivity contribution in [3.8, 4) is 28.4 Å². The zero-order valence-electron chi connectivity index (χ0n) is 41.7. The molecule has 1 aliphatic rings. The van der Waals surface area contributed by atoms with E-state index in [9.17, 15) is 0 Å². The van der Waals surface area contributed by atoms with Gasteiger partial charge in [-0.15, -0.1) is 53.6 Å². The number of anilines is 4. The third-order valence-electron chi connectivity index (χ3n) is 13.7. The van der Waals surface area contributed by atoms with Crippen LogP contribution in [0.15, 0.2) is 164 Å². The van der Waals surface area contributed by atoms with Crippen LogP contribution in [0.2, 0.25) is 0 Å². The van der Waals surface area contributed by atoms with Crippen molar-refractivity contribution in [1.82, 2.24) is 9.55 Å². The largest absolute Gasteiger partial charge is 0.509 e. The normalized spacial score (nSPS) is 13.2. The maximum atomic E-state index is 7.02. The van der Waals surface area contributed by atoms with Gasteiger partial charge in [-0.3, -0.25) is 0 Å². The van der Waals surface area contributed by atoms with Crippen LogP contribution in [0.1, 0.15) is 104 Å². The molecular formula is C63H61N4OPt-3. The van der Waals surface area contributed by atoms with E-state index >= 15 is 0 Å². The van der Waals surface area contributed by atoms with Gasteiger partial charge in [0, 0.05) is 61.3 Å². The second-order valence-corrected chi connectivity index (χ2v) is 22.0. The number of fused-ring (bicyclic) bond motifs is 4. The predicted octanol–water partition coefficient (Wildman–Crippen LogP) is 16.9. The van der Waals surface area contributed by atoms with Crippen molar-refractivity contribution in [2.75, 3.05) is 9.80 Å². The summed E-state index contributed by atoms with van der Waals surface area (Å²) in [6.45, 7) is 27.3. The average molecular weight is 1090 g/mol. The van der Waals surface area contributed by atoms with E-state index in [0.29, 0.717) is 11.5 Å². The van der Waals surface area contributed by atoms with Crippen molar-refractivity contribution < 1.29 is 25.8 Å². The predicted molar refractivity (Wildman–Crippen MR) is 284 cm³/mol. The molecule has 0 radical (unpaired) electrons. The van der Waals surface area contributed by atoms with Crippen molar-refractivity contribution >= 4 is 44.6 Å². The van der Waals surface area contributed by atoms with Crippen molar-refractivity contribution in [2.24, 2.45) is 0 Å². The van der Waals surface area contributed by atoms with Crippen molar-refractivity contribution in [3.05, 3.63) is 211 Å². The van der Waals surface area contributed by atoms with Gasteiger partial charge in [0.2, 0.25) is 0 Å². The van der Waals surface area contributed by atoms with Gasteiger partial charge >= 0.3 is 0 Å². The SMILES string of the molecule is CC(C)(C)c1cc(N2[CH-]N(c3[c-]c(Oc4[c-]c5c(cc4)c4cc(-c6ccccc6)ccc4n5-c4cc(C(C)(C)C)ccn4)cc(C(C)(C)c4ccccc4)c3)c3ccccc32)cc(C(C)(C)C)c1.[Pt]. The van der Waals surface area contributed by atoms with E-state index in [2.05, 4.69) is 261 Å². The number of aromatic nitrogens is 2. The first kappa shape index (κ1) is 47.6. The molecule has 0 bridgehead atoms. The molecule has 352 valence electrons. The Bertz CT molecular complexity index is 3300. The molecule has 3 heterocycles. The number of nitrogens with zero attached hydrogens (tertiary/aromatic N) is 4. The van der Waals surface area contributed by atoms with E-state index in [-0.39, 0.29) is 42.7 Å². The molecule has 0 fully saturated rings. The van der Waals surface area contributed by atoms with E-state index in [1.54, 1.807) is 0 Å². The molecule has 0 aliphatic carbocycles. The number of ether oxygens (including phenoxy) is 1. The minimum Gasteiger partial charge on any atom is -0.509 e. The van der Waals surface area contributed by atoms with Crippen LogP contribution in [-0.4, -0.2) is 9.55 Å². The van der Waals surface area contributed by atoms with Gasteiger partial charge in [0.1, 0.15) is 5.82 Å². The molecule has 10 rings (SSSR count). The average Bonchev–Trinajstić information content (AvgIpc) is 3.87. The van der Waals surface area contributed by atoms with Crippen molar-refractivity contribution in [2.45, 2.75) is 97.8 Å². The van der Waals surface area contributed by atoms with E-state index in [1.807, 2.05) is 12.3 Å². The van der Waals surface area contributed by atoms with Gasteiger partial charge in [0.15, 0.2) is 0 Å². The molecule has 0 saturated heterocycles. The smallest absolute Gasteiger partial charge is 0.135 e. The zero-order valence-corrected chi connectivity index (χ0v) is 44.0. The Morgan fingerprint density at radius 1 is 0.478 bits per heavy atom. The molecule has 69 heavy (non-hydrogen) atoms. The Morgan fingerprint density at radius 3 is 1.75 bits per heavy atom. The molecule has 5 nitrogen and oxygen atoms in total. The van der Waals surface area contributed by atoms with Crippen LogP contribution in [0.5, 0.6) is 11.5 Å². The van der Waals surface area contributed by atoms with Crippen LogP contribution in [0.3, 0.4) is 0 Å². The van der Waals surface area contributed by atoms with Crippen LogP contribution in [0, 0.1) is 18.8 Å². The van der Waals surface area contributed by atoms with Gasteiger partial charge in [0.05, 0.1) is 0 Å². The second kappa shape index (κ2) is 17.8. The van der Waals surface area contributed by atoms with Gasteiger partial charge in [-0.05, 0) is 103 Å². The number of para-hydroxylation sites is 2. The molecule has 0 amide bonds. The summed E-state index contributed by atoms with van der Waals surface area (Å²) >= 11 is 0. The molecule has 0 saturated carbocycles. The van der Waals surface area contributed by atoms with E-state index in [4.69, 9.17) is 9.72 Å². The summed E-state index contributed by atoms with van der Waals surface area (Å²) in [6.07, 6.45) is 1.92. The maximum Gasteiger partial charge on any atom is 0.135 e. The molecule has 0 atom stereocenters. The number of hydrogen-bond acceptors (Lipinski definition) is 4. The van der Waals surface area contributed by atoms with Crippen LogP contribution >= 0.6 is 0 Å². The summed E-state index contributed by atoms with van der Waals surface area (Å²) in [6, 6.07) is 64.2. The first-order chi connectivity index (χ1) is 32.3. The third kappa shape index (κ3) is 9.15. The van der Waals surface area contributed by atoms with Gasteiger partial charge in [0.25, 0.3) is 0 Å². The minimum absolute atomic E-state index is 0. The minimum atomic E-state index is -0.370. The Labute approximate surface area is 424 Å². The summed E-state index contributed by atoms with van der Waals surface area (Å²) in [5, 5.41) is 2.20. The summed E-state index contributed by atoms with van der Waals surface area (Å²) in [4.78, 5) is 9.56. The van der Waals surface area contributed by atoms with Gasteiger partial charge in [-0.1, -0.05) is 173 Å². The van der Waals surface area contributed by atoms with E-state index < -0.39 is 0 Å². The van der Waals surface area contributed by atoms with Crippen LogP contribution in [-0.2, 0) is 42.7 Å². The molecule has 0 spiro atoms. The molecule has 6 heteroatoms. The molecule has 7 aromatic carbocycles. The standard InChI is InChI=1S/C63H61N4O.Pt/c1-60(2,3)45-30-31-64-59(38-45)67-55-29-26-43(42-20-14-12-15-21-42)32-54(55)53-28-27-51(40-58(53)67)68-52-37-48(63(10,11)44-22-16-13-17-23-44)36-50(39-52)66-41-65(56-24-18-19-25-57(56)66)49-34-46(61(4,5)6)33-47(35-49)62(7,8)9;/h12-38,41H,1-11H3;/q-3;. The maximum absolute atomic E-state index is 7.02. The summed E-state index contributed by atoms with van der Waals surface area (Å²) in [5.41, 5.74) is 14.1. The first-order valence-corrected chi connectivity index (χ1v) is 23.9. The van der Waals surface area contributed by atoms with Crippen LogP contribution < -0.4 is 14.5 Å². The van der Waals surface area contributed by atoms with Gasteiger partial charge in [-0.25, -0.2) is 4.98 Å². The first-order valence-electron chi connectivity index (χ1n) is 23.9. The molecule has 0 unspecified atom stereocenters. The monoisotopic (exact) mass is 1080 g/mol.